The Kier molecular flexibility index (Phi) is 9.99. The summed E-state index contributed by atoms with van der Waals surface area (Å²) in [6.45, 7) is 6.83. The number of pyridine rings is 3. The molecule has 0 radical (unpaired) electrons. The monoisotopic (exact) mass is 885 g/mol. The number of anilines is 2. The Balaban J connectivity index is 0.000000143. The number of para-hydroxylation sites is 3. The molecular formula is C49H43N9O4S2. The zero-order valence-electron chi connectivity index (χ0n) is 34.7. The minimum Gasteiger partial charge on any atom is -0.353 e. The molecule has 2 aliphatic rings. The van der Waals surface area contributed by atoms with E-state index in [9.17, 15) is 16.8 Å². The molecule has 7 heterocycles. The van der Waals surface area contributed by atoms with Crippen LogP contribution in [0.5, 0.6) is 0 Å². The maximum atomic E-state index is 13.9. The Morgan fingerprint density at radius 1 is 0.469 bits per heavy atom. The molecule has 2 saturated heterocycles. The highest BCUT2D eigenvalue weighted by Gasteiger charge is 2.27. The molecule has 2 aliphatic heterocycles. The number of fused-ring (bicyclic) bond motifs is 8. The Bertz CT molecular complexity index is 3640. The highest BCUT2D eigenvalue weighted by molar-refractivity contribution is 7.90. The van der Waals surface area contributed by atoms with E-state index in [2.05, 4.69) is 25.4 Å². The van der Waals surface area contributed by atoms with Crippen molar-refractivity contribution < 1.29 is 16.8 Å². The second-order valence-electron chi connectivity index (χ2n) is 16.0. The van der Waals surface area contributed by atoms with E-state index in [0.29, 0.717) is 16.6 Å². The van der Waals surface area contributed by atoms with Crippen LogP contribution in [0.4, 0.5) is 11.6 Å². The summed E-state index contributed by atoms with van der Waals surface area (Å²) in [4.78, 5) is 19.1. The van der Waals surface area contributed by atoms with E-state index >= 15 is 0 Å². The zero-order chi connectivity index (χ0) is 43.4. The molecule has 64 heavy (non-hydrogen) atoms. The third-order valence-corrected chi connectivity index (χ3v) is 15.6. The van der Waals surface area contributed by atoms with E-state index in [1.54, 1.807) is 42.9 Å². The van der Waals surface area contributed by atoms with Crippen molar-refractivity contribution in [2.24, 2.45) is 0 Å². The summed E-state index contributed by atoms with van der Waals surface area (Å²) in [5.41, 5.74) is 3.37. The molecule has 12 rings (SSSR count). The maximum Gasteiger partial charge on any atom is 0.270 e. The van der Waals surface area contributed by atoms with Crippen molar-refractivity contribution in [3.63, 3.8) is 0 Å². The van der Waals surface area contributed by atoms with Crippen molar-refractivity contribution in [2.45, 2.75) is 9.79 Å². The predicted molar refractivity (Wildman–Crippen MR) is 256 cm³/mol. The fourth-order valence-corrected chi connectivity index (χ4v) is 12.0. The lowest BCUT2D eigenvalue weighted by atomic mass is 10.1. The van der Waals surface area contributed by atoms with E-state index in [1.807, 2.05) is 109 Å². The Labute approximate surface area is 369 Å². The van der Waals surface area contributed by atoms with Gasteiger partial charge in [0.15, 0.2) is 0 Å². The summed E-state index contributed by atoms with van der Waals surface area (Å²) in [6, 6.07) is 41.2. The molecule has 13 nitrogen and oxygen atoms in total. The molecule has 5 aromatic heterocycles. The van der Waals surface area contributed by atoms with Crippen molar-refractivity contribution in [1.82, 2.24) is 33.5 Å². The topological polar surface area (TPSA) is 147 Å². The van der Waals surface area contributed by atoms with Gasteiger partial charge in [0.05, 0.1) is 32.5 Å². The highest BCUT2D eigenvalue weighted by Crippen LogP contribution is 2.37. The summed E-state index contributed by atoms with van der Waals surface area (Å²) in [7, 11) is -7.69. The van der Waals surface area contributed by atoms with E-state index in [4.69, 9.17) is 9.97 Å². The Morgan fingerprint density at radius 3 is 1.59 bits per heavy atom. The first kappa shape index (κ1) is 39.9. The average molecular weight is 886 g/mol. The van der Waals surface area contributed by atoms with Gasteiger partial charge in [0.2, 0.25) is 0 Å². The largest absolute Gasteiger partial charge is 0.353 e. The van der Waals surface area contributed by atoms with Crippen LogP contribution in [0.3, 0.4) is 0 Å². The van der Waals surface area contributed by atoms with Gasteiger partial charge in [-0.25, -0.2) is 34.7 Å². The van der Waals surface area contributed by atoms with Crippen LogP contribution in [0.15, 0.2) is 162 Å². The smallest absolute Gasteiger partial charge is 0.270 e. The summed E-state index contributed by atoms with van der Waals surface area (Å²) < 4.78 is 58.3. The normalized spacial score (nSPS) is 15.1. The number of hydrogen-bond donors (Lipinski definition) is 2. The van der Waals surface area contributed by atoms with Crippen molar-refractivity contribution in [1.29, 1.82) is 0 Å². The van der Waals surface area contributed by atoms with Crippen LogP contribution in [0.1, 0.15) is 0 Å². The molecule has 0 aliphatic carbocycles. The van der Waals surface area contributed by atoms with E-state index in [0.717, 1.165) is 113 Å². The first-order chi connectivity index (χ1) is 31.3. The van der Waals surface area contributed by atoms with Gasteiger partial charge in [0.25, 0.3) is 20.0 Å². The van der Waals surface area contributed by atoms with E-state index in [-0.39, 0.29) is 9.79 Å². The molecule has 0 amide bonds. The second-order valence-corrected chi connectivity index (χ2v) is 19.6. The molecular weight excluding hydrogens is 843 g/mol. The molecule has 5 aromatic carbocycles. The number of aromatic nitrogens is 5. The van der Waals surface area contributed by atoms with Gasteiger partial charge in [0.1, 0.15) is 16.5 Å². The zero-order valence-corrected chi connectivity index (χ0v) is 36.3. The molecule has 0 spiro atoms. The van der Waals surface area contributed by atoms with Crippen LogP contribution in [0, 0.1) is 0 Å². The van der Waals surface area contributed by atoms with Crippen LogP contribution in [0.2, 0.25) is 0 Å². The molecule has 10 aromatic rings. The Morgan fingerprint density at radius 2 is 0.984 bits per heavy atom. The second kappa shape index (κ2) is 16.0. The first-order valence-electron chi connectivity index (χ1n) is 21.3. The number of benzene rings is 5. The van der Waals surface area contributed by atoms with Crippen LogP contribution in [0.25, 0.3) is 65.3 Å². The minimum atomic E-state index is -3.89. The molecule has 2 N–H and O–H groups in total. The fourth-order valence-electron chi connectivity index (χ4n) is 9.08. The van der Waals surface area contributed by atoms with Crippen LogP contribution in [-0.4, -0.2) is 92.1 Å². The molecule has 320 valence electrons. The summed E-state index contributed by atoms with van der Waals surface area (Å²) >= 11 is 0. The van der Waals surface area contributed by atoms with Crippen molar-refractivity contribution in [2.75, 3.05) is 62.2 Å². The quantitative estimate of drug-likeness (QED) is 0.173. The van der Waals surface area contributed by atoms with Gasteiger partial charge in [-0.3, -0.25) is 4.98 Å². The Hall–Kier alpha value is -6.91. The lowest BCUT2D eigenvalue weighted by molar-refractivity contribution is 0.586. The van der Waals surface area contributed by atoms with Gasteiger partial charge in [-0.05, 0) is 59.3 Å². The molecule has 0 unspecified atom stereocenters. The van der Waals surface area contributed by atoms with Gasteiger partial charge < -0.3 is 20.4 Å². The average Bonchev–Trinajstić information content (AvgIpc) is 4.02. The predicted octanol–water partition coefficient (Wildman–Crippen LogP) is 7.37. The third-order valence-electron chi connectivity index (χ3n) is 12.2. The fraction of sp³-hybridized carbons (Fsp3) is 0.163. The summed E-state index contributed by atoms with van der Waals surface area (Å²) in [5.74, 6) is 1.66. The molecule has 15 heteroatoms. The maximum absolute atomic E-state index is 13.9. The van der Waals surface area contributed by atoms with Gasteiger partial charge in [-0.2, -0.15) is 0 Å². The third kappa shape index (κ3) is 6.79. The standard InChI is InChI=1S/C25H22N4O2S.C24H21N5O2S/c30-32(31,20-10-9-18-5-1-2-6-19(18)17-20)29-14-11-22-24(29)21-7-3-4-8-23(21)27-25(22)28-15-12-26-13-16-28;30-32(31,21-9-3-5-17-6-4-11-26-22(17)21)29-14-10-19-23(29)18-7-1-2-8-20(18)27-24(19)28-15-12-25-13-16-28/h1-11,14,17,26H,12-13,15-16H2;1-11,14,25H,12-13,15-16H2. The summed E-state index contributed by atoms with van der Waals surface area (Å²) in [5, 5.41) is 12.8. The molecule has 0 atom stereocenters. The number of nitrogens with one attached hydrogen (secondary N) is 2. The van der Waals surface area contributed by atoms with Gasteiger partial charge in [-0.1, -0.05) is 84.9 Å². The van der Waals surface area contributed by atoms with Crippen LogP contribution in [-0.2, 0) is 20.0 Å². The van der Waals surface area contributed by atoms with Crippen LogP contribution < -0.4 is 20.4 Å². The summed E-state index contributed by atoms with van der Waals surface area (Å²) in [6.07, 6.45) is 4.92. The van der Waals surface area contributed by atoms with E-state index < -0.39 is 20.0 Å². The van der Waals surface area contributed by atoms with Crippen LogP contribution >= 0.6 is 0 Å². The molecule has 0 bridgehead atoms. The lowest BCUT2D eigenvalue weighted by Gasteiger charge is -2.29. The number of hydrogen-bond acceptors (Lipinski definition) is 11. The molecule has 0 saturated carbocycles. The van der Waals surface area contributed by atoms with Gasteiger partial charge >= 0.3 is 0 Å². The highest BCUT2D eigenvalue weighted by atomic mass is 32.2. The SMILES string of the molecule is O=S(=O)(c1ccc2ccccc2c1)n1ccc2c(N3CCNCC3)nc3ccccc3c21.O=S(=O)(c1cccc2cccnc12)n1ccc2c(N3CCNCC3)nc3ccccc3c21. The first-order valence-corrected chi connectivity index (χ1v) is 24.2. The number of rotatable bonds is 6. The lowest BCUT2D eigenvalue weighted by Crippen LogP contribution is -2.44. The van der Waals surface area contributed by atoms with Crippen molar-refractivity contribution in [3.05, 3.63) is 152 Å². The molecule has 2 fully saturated rings. The van der Waals surface area contributed by atoms with Gasteiger partial charge in [0, 0.05) is 97.9 Å². The van der Waals surface area contributed by atoms with Crippen molar-refractivity contribution >= 4 is 97.0 Å². The number of piperazine rings is 2. The van der Waals surface area contributed by atoms with Crippen molar-refractivity contribution in [3.8, 4) is 0 Å². The minimum absolute atomic E-state index is 0.192. The van der Waals surface area contributed by atoms with E-state index in [1.165, 1.54) is 7.94 Å². The number of nitrogens with zero attached hydrogens (tertiary/aromatic N) is 7. The van der Waals surface area contributed by atoms with Gasteiger partial charge in [-0.15, -0.1) is 0 Å².